The molecule has 3 rings (SSSR count). The number of rotatable bonds is 5. The first-order valence-corrected chi connectivity index (χ1v) is 9.92. The van der Waals surface area contributed by atoms with Crippen LogP contribution in [0, 0.1) is 0 Å². The van der Waals surface area contributed by atoms with Crippen molar-refractivity contribution in [3.05, 3.63) is 65.7 Å². The quantitative estimate of drug-likeness (QED) is 0.831. The second-order valence-corrected chi connectivity index (χ2v) is 8.16. The molecule has 1 N–H and O–H groups in total. The van der Waals surface area contributed by atoms with Crippen LogP contribution >= 0.6 is 0 Å². The molecule has 142 valence electrons. The Bertz CT molecular complexity index is 967. The van der Waals surface area contributed by atoms with Crippen molar-refractivity contribution in [2.75, 3.05) is 20.4 Å². The lowest BCUT2D eigenvalue weighted by Gasteiger charge is -2.11. The van der Waals surface area contributed by atoms with Crippen LogP contribution in [-0.4, -0.2) is 44.6 Å². The molecule has 0 saturated carbocycles. The Morgan fingerprint density at radius 3 is 2.44 bits per heavy atom. The Balaban J connectivity index is 1.68. The average molecular weight is 389 g/mol. The number of carbonyl (C=O) groups excluding carboxylic acids is 1. The third-order valence-corrected chi connectivity index (χ3v) is 4.80. The van der Waals surface area contributed by atoms with Gasteiger partial charge in [0.15, 0.2) is 14.9 Å². The van der Waals surface area contributed by atoms with Gasteiger partial charge in [-0.25, -0.2) is 18.9 Å². The zero-order chi connectivity index (χ0) is 19.6. The Hall–Kier alpha value is -2.91. The van der Waals surface area contributed by atoms with Crippen molar-refractivity contribution >= 4 is 15.7 Å². The number of ether oxygens (including phenoxy) is 1. The molecule has 0 bridgehead atoms. The monoisotopic (exact) mass is 389 g/mol. The first-order chi connectivity index (χ1) is 12.7. The van der Waals surface area contributed by atoms with Crippen LogP contribution in [0.1, 0.15) is 22.0 Å². The Morgan fingerprint density at radius 2 is 1.89 bits per heavy atom. The zero-order valence-corrected chi connectivity index (χ0v) is 15.9. The molecule has 1 aromatic heterocycles. The number of amides is 1. The zero-order valence-electron chi connectivity index (χ0n) is 15.0. The molecule has 2 aromatic rings. The molecule has 1 aromatic carbocycles. The number of hydrogen-bond donors (Lipinski definition) is 1. The summed E-state index contributed by atoms with van der Waals surface area (Å²) in [6.07, 6.45) is 3.76. The van der Waals surface area contributed by atoms with Crippen LogP contribution < -0.4 is 10.2 Å². The van der Waals surface area contributed by atoms with Gasteiger partial charge in [0.25, 0.3) is 5.91 Å². The fourth-order valence-corrected chi connectivity index (χ4v) is 2.95. The minimum atomic E-state index is -3.36. The highest BCUT2D eigenvalue weighted by molar-refractivity contribution is 7.90. The van der Waals surface area contributed by atoms with Crippen molar-refractivity contribution in [3.63, 3.8) is 0 Å². The van der Waals surface area contributed by atoms with E-state index in [4.69, 9.17) is 9.57 Å². The molecule has 0 radical (unpaired) electrons. The van der Waals surface area contributed by atoms with E-state index in [1.54, 1.807) is 32.3 Å². The van der Waals surface area contributed by atoms with E-state index in [0.29, 0.717) is 17.2 Å². The van der Waals surface area contributed by atoms with Crippen molar-refractivity contribution in [2.45, 2.75) is 11.1 Å². The van der Waals surface area contributed by atoms with E-state index < -0.39 is 9.84 Å². The number of hydrogen-bond acceptors (Lipinski definition) is 7. The normalized spacial score (nSPS) is 16.4. The highest BCUT2D eigenvalue weighted by atomic mass is 32.2. The minimum Gasteiger partial charge on any atom is -0.438 e. The number of sulfone groups is 1. The highest BCUT2D eigenvalue weighted by Crippen LogP contribution is 2.26. The molecule has 1 amide bonds. The molecule has 0 saturated heterocycles. The fraction of sp³-hybridized carbons (Fsp3) is 0.222. The summed E-state index contributed by atoms with van der Waals surface area (Å²) in [4.78, 5) is 22.8. The number of pyridine rings is 1. The lowest BCUT2D eigenvalue weighted by molar-refractivity contribution is 0.0273. The maximum Gasteiger partial charge on any atom is 0.253 e. The van der Waals surface area contributed by atoms with Gasteiger partial charge < -0.3 is 9.64 Å². The molecular weight excluding hydrogens is 370 g/mol. The Labute approximate surface area is 157 Å². The molecule has 0 aliphatic carbocycles. The maximum absolute atomic E-state index is 11.9. The predicted molar refractivity (Wildman–Crippen MR) is 97.5 cm³/mol. The Kier molecular flexibility index (Phi) is 5.15. The van der Waals surface area contributed by atoms with Crippen molar-refractivity contribution in [1.82, 2.24) is 15.4 Å². The number of aromatic nitrogens is 1. The van der Waals surface area contributed by atoms with Crippen LogP contribution in [0.5, 0.6) is 5.75 Å². The van der Waals surface area contributed by atoms with E-state index in [1.165, 1.54) is 23.2 Å². The van der Waals surface area contributed by atoms with Gasteiger partial charge in [-0.1, -0.05) is 12.1 Å². The molecule has 1 aliphatic heterocycles. The number of nitrogens with zero attached hydrogens (tertiary/aromatic N) is 2. The van der Waals surface area contributed by atoms with Gasteiger partial charge in [-0.2, -0.15) is 0 Å². The van der Waals surface area contributed by atoms with Crippen LogP contribution in [0.4, 0.5) is 0 Å². The third kappa shape index (κ3) is 4.44. The number of nitrogens with one attached hydrogen (secondary N) is 1. The summed E-state index contributed by atoms with van der Waals surface area (Å²) in [6, 6.07) is 9.99. The van der Waals surface area contributed by atoms with Gasteiger partial charge >= 0.3 is 0 Å². The Morgan fingerprint density at radius 1 is 1.19 bits per heavy atom. The SMILES string of the molecule is CN(C)C(=O)c1ccc(C2C=C(Oc3ccc(S(C)(=O)=O)nc3)NO2)cc1. The van der Waals surface area contributed by atoms with E-state index in [-0.39, 0.29) is 17.0 Å². The number of hydroxylamine groups is 1. The van der Waals surface area contributed by atoms with Crippen molar-refractivity contribution in [3.8, 4) is 5.75 Å². The second-order valence-electron chi connectivity index (χ2n) is 6.20. The van der Waals surface area contributed by atoms with Crippen LogP contribution in [-0.2, 0) is 14.7 Å². The smallest absolute Gasteiger partial charge is 0.253 e. The average Bonchev–Trinajstić information content (AvgIpc) is 3.09. The van der Waals surface area contributed by atoms with Crippen LogP contribution in [0.2, 0.25) is 0 Å². The number of carbonyl (C=O) groups is 1. The predicted octanol–water partition coefficient (Wildman–Crippen LogP) is 1.68. The molecule has 0 fully saturated rings. The maximum atomic E-state index is 11.9. The minimum absolute atomic E-state index is 0.0234. The van der Waals surface area contributed by atoms with Gasteiger partial charge in [0.2, 0.25) is 5.88 Å². The number of benzene rings is 1. The summed E-state index contributed by atoms with van der Waals surface area (Å²) in [5, 5.41) is -0.0234. The molecule has 1 aliphatic rings. The van der Waals surface area contributed by atoms with Crippen molar-refractivity contribution < 1.29 is 22.8 Å². The topological polar surface area (TPSA) is 97.8 Å². The largest absolute Gasteiger partial charge is 0.438 e. The van der Waals surface area contributed by atoms with E-state index in [2.05, 4.69) is 10.5 Å². The lowest BCUT2D eigenvalue weighted by atomic mass is 10.1. The van der Waals surface area contributed by atoms with Gasteiger partial charge in [0.1, 0.15) is 11.9 Å². The molecule has 2 heterocycles. The summed E-state index contributed by atoms with van der Waals surface area (Å²) in [5.74, 6) is 0.663. The van der Waals surface area contributed by atoms with E-state index >= 15 is 0 Å². The summed E-state index contributed by atoms with van der Waals surface area (Å²) >= 11 is 0. The van der Waals surface area contributed by atoms with Crippen molar-refractivity contribution in [1.29, 1.82) is 0 Å². The van der Waals surface area contributed by atoms with Crippen molar-refractivity contribution in [2.24, 2.45) is 0 Å². The van der Waals surface area contributed by atoms with Crippen LogP contribution in [0.25, 0.3) is 0 Å². The molecule has 27 heavy (non-hydrogen) atoms. The van der Waals surface area contributed by atoms with E-state index in [1.807, 2.05) is 12.1 Å². The van der Waals surface area contributed by atoms with Crippen LogP contribution in [0.3, 0.4) is 0 Å². The van der Waals surface area contributed by atoms with Crippen LogP contribution in [0.15, 0.2) is 59.6 Å². The van der Waals surface area contributed by atoms with Gasteiger partial charge in [0, 0.05) is 32.0 Å². The highest BCUT2D eigenvalue weighted by Gasteiger charge is 2.21. The summed E-state index contributed by atoms with van der Waals surface area (Å²) < 4.78 is 28.4. The second kappa shape index (κ2) is 7.37. The lowest BCUT2D eigenvalue weighted by Crippen LogP contribution is -2.21. The van der Waals surface area contributed by atoms with Gasteiger partial charge in [0.05, 0.1) is 6.20 Å². The summed E-state index contributed by atoms with van der Waals surface area (Å²) in [7, 11) is 0.0413. The first kappa shape index (κ1) is 18.9. The van der Waals surface area contributed by atoms with E-state index in [9.17, 15) is 13.2 Å². The fourth-order valence-electron chi connectivity index (χ4n) is 2.39. The molecule has 1 unspecified atom stereocenters. The van der Waals surface area contributed by atoms with Gasteiger partial charge in [-0.3, -0.25) is 9.63 Å². The summed E-state index contributed by atoms with van der Waals surface area (Å²) in [6.45, 7) is 0. The summed E-state index contributed by atoms with van der Waals surface area (Å²) in [5.41, 5.74) is 4.11. The molecular formula is C18H19N3O5S. The first-order valence-electron chi connectivity index (χ1n) is 8.03. The standard InChI is InChI=1S/C18H19N3O5S/c1-21(2)18(22)13-6-4-12(5-7-13)15-10-16(20-26-15)25-14-8-9-17(19-11-14)27(3,23)24/h4-11,15,20H,1-3H3. The third-order valence-electron chi connectivity index (χ3n) is 3.80. The van der Waals surface area contributed by atoms with E-state index in [0.717, 1.165) is 11.8 Å². The van der Waals surface area contributed by atoms with Gasteiger partial charge in [-0.15, -0.1) is 0 Å². The molecule has 0 spiro atoms. The molecule has 9 heteroatoms. The molecule has 1 atom stereocenters. The van der Waals surface area contributed by atoms with Gasteiger partial charge in [-0.05, 0) is 29.8 Å². The molecule has 8 nitrogen and oxygen atoms in total.